The molecule has 2 heteroatoms. The van der Waals surface area contributed by atoms with E-state index in [1.165, 1.54) is 37.9 Å². The molecule has 2 N–H and O–H groups in total. The van der Waals surface area contributed by atoms with Gasteiger partial charge in [0.15, 0.2) is 0 Å². The summed E-state index contributed by atoms with van der Waals surface area (Å²) in [5.41, 5.74) is 10.5. The van der Waals surface area contributed by atoms with Gasteiger partial charge in [-0.3, -0.25) is 4.90 Å². The van der Waals surface area contributed by atoms with Crippen LogP contribution in [0.1, 0.15) is 45.6 Å². The molecule has 1 aliphatic heterocycles. The fourth-order valence-corrected chi connectivity index (χ4v) is 3.49. The molecule has 2 nitrogen and oxygen atoms in total. The van der Waals surface area contributed by atoms with Crippen molar-refractivity contribution >= 4 is 5.69 Å². The normalized spacial score (nSPS) is 22.0. The summed E-state index contributed by atoms with van der Waals surface area (Å²) in [4.78, 5) is 2.62. The van der Waals surface area contributed by atoms with Crippen LogP contribution in [0.2, 0.25) is 0 Å². The summed E-state index contributed by atoms with van der Waals surface area (Å²) >= 11 is 0. The molecule has 21 heavy (non-hydrogen) atoms. The lowest BCUT2D eigenvalue weighted by Gasteiger charge is -2.34. The zero-order valence-electron chi connectivity index (χ0n) is 13.7. The van der Waals surface area contributed by atoms with Gasteiger partial charge < -0.3 is 5.73 Å². The summed E-state index contributed by atoms with van der Waals surface area (Å²) in [7, 11) is 0. The predicted octanol–water partition coefficient (Wildman–Crippen LogP) is 3.98. The van der Waals surface area contributed by atoms with Crippen molar-refractivity contribution in [2.45, 2.75) is 45.4 Å². The van der Waals surface area contributed by atoms with Crippen molar-refractivity contribution in [1.82, 2.24) is 4.90 Å². The lowest BCUT2D eigenvalue weighted by atomic mass is 9.82. The Morgan fingerprint density at radius 1 is 1.14 bits per heavy atom. The van der Waals surface area contributed by atoms with E-state index in [2.05, 4.69) is 43.9 Å². The molecule has 1 heterocycles. The second kappa shape index (κ2) is 5.17. The number of hydrogen-bond donors (Lipinski definition) is 1. The highest BCUT2D eigenvalue weighted by molar-refractivity contribution is 5.43. The maximum absolute atomic E-state index is 5.81. The van der Waals surface area contributed by atoms with Gasteiger partial charge in [0.2, 0.25) is 0 Å². The second-order valence-corrected chi connectivity index (χ2v) is 7.87. The van der Waals surface area contributed by atoms with Gasteiger partial charge in [0, 0.05) is 30.7 Å². The fraction of sp³-hybridized carbons (Fsp3) is 0.579. The van der Waals surface area contributed by atoms with E-state index in [1.807, 2.05) is 12.1 Å². The molecule has 1 saturated carbocycles. The highest BCUT2D eigenvalue weighted by atomic mass is 15.1. The van der Waals surface area contributed by atoms with Gasteiger partial charge in [0.25, 0.3) is 0 Å². The van der Waals surface area contributed by atoms with Gasteiger partial charge >= 0.3 is 0 Å². The standard InChI is InChI=1S/C19H28N2/c1-18(2,3)15-8-12-21(13-9-15)14-19(10-11-19)16-4-6-17(20)7-5-16/h4-8H,9-14,20H2,1-3H3. The van der Waals surface area contributed by atoms with Crippen LogP contribution in [0.15, 0.2) is 35.9 Å². The summed E-state index contributed by atoms with van der Waals surface area (Å²) in [6.07, 6.45) is 6.33. The molecule has 3 rings (SSSR count). The predicted molar refractivity (Wildman–Crippen MR) is 90.4 cm³/mol. The summed E-state index contributed by atoms with van der Waals surface area (Å²) < 4.78 is 0. The van der Waals surface area contributed by atoms with Crippen LogP contribution in [0.5, 0.6) is 0 Å². The van der Waals surface area contributed by atoms with E-state index in [9.17, 15) is 0 Å². The van der Waals surface area contributed by atoms with Gasteiger partial charge in [0.1, 0.15) is 0 Å². The van der Waals surface area contributed by atoms with Crippen molar-refractivity contribution in [3.63, 3.8) is 0 Å². The Balaban J connectivity index is 1.66. The molecule has 114 valence electrons. The molecule has 0 atom stereocenters. The Morgan fingerprint density at radius 2 is 1.81 bits per heavy atom. The molecule has 0 unspecified atom stereocenters. The summed E-state index contributed by atoms with van der Waals surface area (Å²) in [5.74, 6) is 0. The van der Waals surface area contributed by atoms with Gasteiger partial charge in [-0.2, -0.15) is 0 Å². The monoisotopic (exact) mass is 284 g/mol. The average molecular weight is 284 g/mol. The van der Waals surface area contributed by atoms with Crippen LogP contribution in [0.3, 0.4) is 0 Å². The van der Waals surface area contributed by atoms with Crippen molar-refractivity contribution in [2.75, 3.05) is 25.4 Å². The molecule has 2 aliphatic rings. The Hall–Kier alpha value is -1.28. The number of nitrogens with two attached hydrogens (primary N) is 1. The molecule has 0 saturated heterocycles. The molecule has 1 fully saturated rings. The highest BCUT2D eigenvalue weighted by Gasteiger charge is 2.45. The van der Waals surface area contributed by atoms with Crippen molar-refractivity contribution in [3.05, 3.63) is 41.5 Å². The largest absolute Gasteiger partial charge is 0.399 e. The van der Waals surface area contributed by atoms with Gasteiger partial charge in [-0.25, -0.2) is 0 Å². The van der Waals surface area contributed by atoms with Gasteiger partial charge in [-0.1, -0.05) is 44.6 Å². The van der Waals surface area contributed by atoms with Gasteiger partial charge in [-0.05, 0) is 42.4 Å². The number of rotatable bonds is 3. The number of anilines is 1. The molecule has 0 amide bonds. The van der Waals surface area contributed by atoms with Gasteiger partial charge in [0.05, 0.1) is 0 Å². The highest BCUT2D eigenvalue weighted by Crippen LogP contribution is 2.49. The van der Waals surface area contributed by atoms with Gasteiger partial charge in [-0.15, -0.1) is 0 Å². The van der Waals surface area contributed by atoms with Crippen LogP contribution in [0.4, 0.5) is 5.69 Å². The van der Waals surface area contributed by atoms with Crippen LogP contribution in [-0.4, -0.2) is 24.5 Å². The average Bonchev–Trinajstić information content (AvgIpc) is 3.20. The minimum atomic E-state index is 0.334. The Kier molecular flexibility index (Phi) is 3.61. The molecular weight excluding hydrogens is 256 g/mol. The second-order valence-electron chi connectivity index (χ2n) is 7.87. The quantitative estimate of drug-likeness (QED) is 0.672. The molecule has 0 bridgehead atoms. The molecule has 0 aromatic heterocycles. The minimum absolute atomic E-state index is 0.334. The molecule has 1 aromatic rings. The molecular formula is C19H28N2. The summed E-state index contributed by atoms with van der Waals surface area (Å²) in [5, 5.41) is 0. The smallest absolute Gasteiger partial charge is 0.0314 e. The zero-order valence-corrected chi connectivity index (χ0v) is 13.7. The van der Waals surface area contributed by atoms with E-state index in [1.54, 1.807) is 5.57 Å². The first-order valence-electron chi connectivity index (χ1n) is 8.17. The summed E-state index contributed by atoms with van der Waals surface area (Å²) in [6, 6.07) is 8.54. The summed E-state index contributed by atoms with van der Waals surface area (Å²) in [6.45, 7) is 10.5. The third kappa shape index (κ3) is 3.16. The number of benzene rings is 1. The molecule has 0 radical (unpaired) electrons. The maximum Gasteiger partial charge on any atom is 0.0314 e. The maximum atomic E-state index is 5.81. The third-order valence-electron chi connectivity index (χ3n) is 5.16. The Morgan fingerprint density at radius 3 is 2.29 bits per heavy atom. The Bertz CT molecular complexity index is 530. The van der Waals surface area contributed by atoms with E-state index in [0.29, 0.717) is 10.8 Å². The van der Waals surface area contributed by atoms with E-state index in [0.717, 1.165) is 12.2 Å². The lowest BCUT2D eigenvalue weighted by molar-refractivity contribution is 0.255. The van der Waals surface area contributed by atoms with Crippen molar-refractivity contribution < 1.29 is 0 Å². The minimum Gasteiger partial charge on any atom is -0.399 e. The van der Waals surface area contributed by atoms with Crippen LogP contribution in [0.25, 0.3) is 0 Å². The first kappa shape index (κ1) is 14.6. The van der Waals surface area contributed by atoms with Crippen LogP contribution in [-0.2, 0) is 5.41 Å². The van der Waals surface area contributed by atoms with E-state index in [-0.39, 0.29) is 0 Å². The number of hydrogen-bond acceptors (Lipinski definition) is 2. The number of nitrogen functional groups attached to an aromatic ring is 1. The van der Waals surface area contributed by atoms with Crippen molar-refractivity contribution in [2.24, 2.45) is 5.41 Å². The topological polar surface area (TPSA) is 29.3 Å². The third-order valence-corrected chi connectivity index (χ3v) is 5.16. The molecule has 0 spiro atoms. The van der Waals surface area contributed by atoms with Crippen molar-refractivity contribution in [1.29, 1.82) is 0 Å². The zero-order chi connectivity index (χ0) is 15.1. The van der Waals surface area contributed by atoms with E-state index >= 15 is 0 Å². The lowest BCUT2D eigenvalue weighted by Crippen LogP contribution is -2.37. The fourth-order valence-electron chi connectivity index (χ4n) is 3.49. The SMILES string of the molecule is CC(C)(C)C1=CCN(CC2(c3ccc(N)cc3)CC2)CC1. The first-order chi connectivity index (χ1) is 9.89. The molecule has 1 aliphatic carbocycles. The number of nitrogens with zero attached hydrogens (tertiary/aromatic N) is 1. The Labute approximate surface area is 129 Å². The van der Waals surface area contributed by atoms with Crippen LogP contribution < -0.4 is 5.73 Å². The van der Waals surface area contributed by atoms with Crippen LogP contribution in [0, 0.1) is 5.41 Å². The first-order valence-corrected chi connectivity index (χ1v) is 8.17. The van der Waals surface area contributed by atoms with E-state index in [4.69, 9.17) is 5.73 Å². The van der Waals surface area contributed by atoms with E-state index < -0.39 is 0 Å². The van der Waals surface area contributed by atoms with Crippen LogP contribution >= 0.6 is 0 Å². The molecule has 1 aromatic carbocycles. The van der Waals surface area contributed by atoms with Crippen molar-refractivity contribution in [3.8, 4) is 0 Å².